The fourth-order valence-corrected chi connectivity index (χ4v) is 3.14. The van der Waals surface area contributed by atoms with E-state index in [0.717, 1.165) is 43.9 Å². The first kappa shape index (κ1) is 16.3. The lowest BCUT2D eigenvalue weighted by Crippen LogP contribution is -2.41. The Balaban J connectivity index is 1.69. The van der Waals surface area contributed by atoms with Crippen molar-refractivity contribution in [2.45, 2.75) is 19.3 Å². The van der Waals surface area contributed by atoms with Crippen LogP contribution in [0, 0.1) is 5.92 Å². The molecule has 24 heavy (non-hydrogen) atoms. The molecule has 0 N–H and O–H groups in total. The molecule has 1 fully saturated rings. The van der Waals surface area contributed by atoms with Gasteiger partial charge in [-0.05, 0) is 25.2 Å². The maximum Gasteiger partial charge on any atom is 0.274 e. The molecule has 0 aliphatic carbocycles. The molecule has 1 unspecified atom stereocenters. The van der Waals surface area contributed by atoms with E-state index in [1.165, 1.54) is 6.20 Å². The van der Waals surface area contributed by atoms with Crippen LogP contribution in [0.2, 0.25) is 0 Å². The molecule has 2 aromatic rings. The van der Waals surface area contributed by atoms with Gasteiger partial charge in [0.2, 0.25) is 0 Å². The van der Waals surface area contributed by atoms with E-state index in [2.05, 4.69) is 19.9 Å². The van der Waals surface area contributed by atoms with Crippen molar-refractivity contribution in [1.82, 2.24) is 24.8 Å². The Morgan fingerprint density at radius 2 is 2.00 bits per heavy atom. The number of amides is 1. The molecule has 7 heteroatoms. The molecule has 126 valence electrons. The predicted molar refractivity (Wildman–Crippen MR) is 90.7 cm³/mol. The van der Waals surface area contributed by atoms with Gasteiger partial charge >= 0.3 is 0 Å². The topological polar surface area (TPSA) is 75.1 Å². The quantitative estimate of drug-likeness (QED) is 0.846. The fourth-order valence-electron chi connectivity index (χ4n) is 3.14. The highest BCUT2D eigenvalue weighted by Gasteiger charge is 2.26. The third-order valence-electron chi connectivity index (χ3n) is 4.25. The number of likely N-dealkylation sites (tertiary alicyclic amines) is 1. The van der Waals surface area contributed by atoms with Gasteiger partial charge in [0.1, 0.15) is 11.5 Å². The van der Waals surface area contributed by atoms with Gasteiger partial charge in [-0.15, -0.1) is 0 Å². The minimum Gasteiger partial charge on any atom is -0.361 e. The van der Waals surface area contributed by atoms with Crippen molar-refractivity contribution in [3.63, 3.8) is 0 Å². The molecule has 1 aliphatic heterocycles. The first-order chi connectivity index (χ1) is 11.6. The van der Waals surface area contributed by atoms with Crippen molar-refractivity contribution < 1.29 is 4.79 Å². The Morgan fingerprint density at radius 3 is 2.75 bits per heavy atom. The Bertz CT molecular complexity index is 690. The monoisotopic (exact) mass is 326 g/mol. The van der Waals surface area contributed by atoms with Crippen molar-refractivity contribution in [2.75, 3.05) is 32.1 Å². The number of nitrogens with zero attached hydrogens (tertiary/aromatic N) is 6. The smallest absolute Gasteiger partial charge is 0.274 e. The summed E-state index contributed by atoms with van der Waals surface area (Å²) >= 11 is 0. The number of aromatic nitrogens is 4. The third-order valence-corrected chi connectivity index (χ3v) is 4.25. The normalized spacial score (nSPS) is 17.6. The summed E-state index contributed by atoms with van der Waals surface area (Å²) in [5.41, 5.74) is 1.40. The van der Waals surface area contributed by atoms with Crippen molar-refractivity contribution in [3.05, 3.63) is 42.4 Å². The lowest BCUT2D eigenvalue weighted by molar-refractivity contribution is 0.0666. The number of anilines is 1. The molecule has 3 rings (SSSR count). The van der Waals surface area contributed by atoms with Gasteiger partial charge < -0.3 is 9.80 Å². The molecule has 1 saturated heterocycles. The van der Waals surface area contributed by atoms with Crippen molar-refractivity contribution in [1.29, 1.82) is 0 Å². The zero-order valence-corrected chi connectivity index (χ0v) is 14.1. The summed E-state index contributed by atoms with van der Waals surface area (Å²) < 4.78 is 0. The van der Waals surface area contributed by atoms with Crippen LogP contribution >= 0.6 is 0 Å². The van der Waals surface area contributed by atoms with Crippen molar-refractivity contribution in [3.8, 4) is 0 Å². The van der Waals surface area contributed by atoms with Crippen molar-refractivity contribution in [2.24, 2.45) is 5.92 Å². The molecular weight excluding hydrogens is 304 g/mol. The Hall–Kier alpha value is -2.57. The van der Waals surface area contributed by atoms with Gasteiger partial charge in [-0.3, -0.25) is 14.8 Å². The second-order valence-corrected chi connectivity index (χ2v) is 6.28. The molecule has 3 heterocycles. The minimum absolute atomic E-state index is 0.0419. The standard InChI is InChI=1S/C17H22N6O/c1-22(2)16-14(19-7-8-21-16)10-13-4-3-9-23(12-13)17(24)15-11-18-5-6-20-15/h5-8,11,13H,3-4,9-10,12H2,1-2H3. The van der Waals surface area contributed by atoms with Crippen LogP contribution in [0.1, 0.15) is 29.0 Å². The van der Waals surface area contributed by atoms with Crippen LogP contribution in [0.3, 0.4) is 0 Å². The number of rotatable bonds is 4. The maximum atomic E-state index is 12.6. The summed E-state index contributed by atoms with van der Waals surface area (Å²) in [6, 6.07) is 0. The lowest BCUT2D eigenvalue weighted by Gasteiger charge is -2.32. The molecule has 0 aromatic carbocycles. The van der Waals surface area contributed by atoms with Gasteiger partial charge in [0, 0.05) is 52.0 Å². The fraction of sp³-hybridized carbons (Fsp3) is 0.471. The van der Waals surface area contributed by atoms with Gasteiger partial charge in [-0.25, -0.2) is 9.97 Å². The van der Waals surface area contributed by atoms with Crippen LogP contribution in [-0.4, -0.2) is 57.9 Å². The minimum atomic E-state index is -0.0419. The van der Waals surface area contributed by atoms with E-state index in [1.807, 2.05) is 23.9 Å². The van der Waals surface area contributed by atoms with Gasteiger partial charge in [0.15, 0.2) is 0 Å². The molecule has 1 amide bonds. The predicted octanol–water partition coefficient (Wildman–Crippen LogP) is 1.43. The van der Waals surface area contributed by atoms with Crippen molar-refractivity contribution >= 4 is 11.7 Å². The second kappa shape index (κ2) is 7.33. The zero-order chi connectivity index (χ0) is 16.9. The first-order valence-corrected chi connectivity index (χ1v) is 8.17. The van der Waals surface area contributed by atoms with Gasteiger partial charge in [-0.2, -0.15) is 0 Å². The van der Waals surface area contributed by atoms with E-state index in [9.17, 15) is 4.79 Å². The Morgan fingerprint density at radius 1 is 1.21 bits per heavy atom. The average molecular weight is 326 g/mol. The van der Waals surface area contributed by atoms with E-state index in [-0.39, 0.29) is 5.91 Å². The molecule has 7 nitrogen and oxygen atoms in total. The molecule has 1 aliphatic rings. The summed E-state index contributed by atoms with van der Waals surface area (Å²) in [7, 11) is 3.94. The molecular formula is C17H22N6O. The van der Waals surface area contributed by atoms with Gasteiger partial charge in [0.25, 0.3) is 5.91 Å². The van der Waals surface area contributed by atoms with E-state index in [0.29, 0.717) is 11.6 Å². The summed E-state index contributed by atoms with van der Waals surface area (Å²) in [6.45, 7) is 1.49. The Labute approximate surface area is 141 Å². The highest BCUT2D eigenvalue weighted by Crippen LogP contribution is 2.24. The third kappa shape index (κ3) is 3.67. The lowest BCUT2D eigenvalue weighted by atomic mass is 9.93. The van der Waals surface area contributed by atoms with Gasteiger partial charge in [0.05, 0.1) is 11.9 Å². The van der Waals surface area contributed by atoms with Crippen LogP contribution in [0.5, 0.6) is 0 Å². The Kier molecular flexibility index (Phi) is 4.98. The largest absolute Gasteiger partial charge is 0.361 e. The highest BCUT2D eigenvalue weighted by atomic mass is 16.2. The number of carbonyl (C=O) groups is 1. The molecule has 0 radical (unpaired) electrons. The van der Waals surface area contributed by atoms with Gasteiger partial charge in [-0.1, -0.05) is 0 Å². The van der Waals surface area contributed by atoms with E-state index in [4.69, 9.17) is 0 Å². The SMILES string of the molecule is CN(C)c1nccnc1CC1CCCN(C(=O)c2cnccn2)C1. The molecule has 0 saturated carbocycles. The average Bonchev–Trinajstić information content (AvgIpc) is 2.62. The summed E-state index contributed by atoms with van der Waals surface area (Å²) in [4.78, 5) is 33.4. The number of carbonyl (C=O) groups excluding carboxylic acids is 1. The molecule has 1 atom stereocenters. The zero-order valence-electron chi connectivity index (χ0n) is 14.1. The van der Waals surface area contributed by atoms with Crippen LogP contribution in [-0.2, 0) is 6.42 Å². The van der Waals surface area contributed by atoms with Crippen LogP contribution in [0.15, 0.2) is 31.0 Å². The van der Waals surface area contributed by atoms with Crippen LogP contribution < -0.4 is 4.90 Å². The number of piperidine rings is 1. The van der Waals surface area contributed by atoms with E-state index >= 15 is 0 Å². The van der Waals surface area contributed by atoms with Crippen LogP contribution in [0.25, 0.3) is 0 Å². The van der Waals surface area contributed by atoms with E-state index < -0.39 is 0 Å². The highest BCUT2D eigenvalue weighted by molar-refractivity contribution is 5.92. The van der Waals surface area contributed by atoms with E-state index in [1.54, 1.807) is 24.8 Å². The molecule has 2 aromatic heterocycles. The number of hydrogen-bond acceptors (Lipinski definition) is 6. The maximum absolute atomic E-state index is 12.6. The molecule has 0 spiro atoms. The summed E-state index contributed by atoms with van der Waals surface area (Å²) in [5.74, 6) is 1.24. The first-order valence-electron chi connectivity index (χ1n) is 8.17. The second-order valence-electron chi connectivity index (χ2n) is 6.28. The summed E-state index contributed by atoms with van der Waals surface area (Å²) in [6.07, 6.45) is 11.0. The van der Waals surface area contributed by atoms with Crippen LogP contribution in [0.4, 0.5) is 5.82 Å². The molecule has 0 bridgehead atoms. The number of hydrogen-bond donors (Lipinski definition) is 0. The summed E-state index contributed by atoms with van der Waals surface area (Å²) in [5, 5.41) is 0.